The lowest BCUT2D eigenvalue weighted by Crippen LogP contribution is -2.52. The number of unbranched alkanes of at least 4 members (excludes halogenated alkanes) is 3. The van der Waals surface area contributed by atoms with E-state index in [1.807, 2.05) is 37.4 Å². The normalized spacial score (nSPS) is 21.6. The molecule has 0 aromatic heterocycles. The van der Waals surface area contributed by atoms with Gasteiger partial charge < -0.3 is 16.0 Å². The molecule has 10 heteroatoms. The molecule has 0 saturated carbocycles. The third-order valence-corrected chi connectivity index (χ3v) is 8.87. The standard InChI is InChI=1S/C19H34N4O4S2/c1-13(2)16(20)18(26)23-12-19(28-9-10-29-19)11-14(23)17(25)21-8-6-4-3-5-7-15(24)22-27/h13-14,16,27H,3-12,20H2,1-2H3,(H,21,25)(H,22,24)/t14-,16-/m0/s1. The Kier molecular flexibility index (Phi) is 9.58. The third-order valence-electron chi connectivity index (χ3n) is 5.45. The summed E-state index contributed by atoms with van der Waals surface area (Å²) < 4.78 is -0.0817. The largest absolute Gasteiger partial charge is 0.354 e. The van der Waals surface area contributed by atoms with Crippen molar-refractivity contribution in [3.8, 4) is 0 Å². The molecule has 0 aromatic carbocycles. The van der Waals surface area contributed by atoms with Crippen LogP contribution in [0, 0.1) is 5.92 Å². The van der Waals surface area contributed by atoms with Crippen LogP contribution in [-0.2, 0) is 14.4 Å². The summed E-state index contributed by atoms with van der Waals surface area (Å²) in [6.07, 6.45) is 4.23. The predicted molar refractivity (Wildman–Crippen MR) is 117 cm³/mol. The van der Waals surface area contributed by atoms with E-state index in [1.165, 1.54) is 0 Å². The number of nitrogens with one attached hydrogen (secondary N) is 2. The van der Waals surface area contributed by atoms with Crippen LogP contribution >= 0.6 is 23.5 Å². The molecule has 1 spiro atoms. The van der Waals surface area contributed by atoms with Crippen molar-refractivity contribution >= 4 is 41.2 Å². The van der Waals surface area contributed by atoms with Gasteiger partial charge in [0.1, 0.15) is 6.04 Å². The summed E-state index contributed by atoms with van der Waals surface area (Å²) in [5.74, 6) is 1.52. The van der Waals surface area contributed by atoms with Gasteiger partial charge in [0.25, 0.3) is 0 Å². The molecule has 166 valence electrons. The number of likely N-dealkylation sites (tertiary alicyclic amines) is 1. The van der Waals surface area contributed by atoms with Gasteiger partial charge in [0.2, 0.25) is 17.7 Å². The Labute approximate surface area is 181 Å². The zero-order valence-electron chi connectivity index (χ0n) is 17.3. The Balaban J connectivity index is 1.83. The first-order valence-electron chi connectivity index (χ1n) is 10.3. The minimum absolute atomic E-state index is 0.0274. The highest BCUT2D eigenvalue weighted by Gasteiger charge is 2.51. The lowest BCUT2D eigenvalue weighted by molar-refractivity contribution is -0.140. The molecule has 29 heavy (non-hydrogen) atoms. The molecule has 0 radical (unpaired) electrons. The van der Waals surface area contributed by atoms with Gasteiger partial charge in [-0.2, -0.15) is 0 Å². The maximum atomic E-state index is 12.9. The fourth-order valence-corrected chi connectivity index (χ4v) is 6.89. The van der Waals surface area contributed by atoms with Gasteiger partial charge >= 0.3 is 0 Å². The number of hydrogen-bond donors (Lipinski definition) is 4. The van der Waals surface area contributed by atoms with Gasteiger partial charge in [0.05, 0.1) is 10.1 Å². The lowest BCUT2D eigenvalue weighted by atomic mass is 10.0. The minimum Gasteiger partial charge on any atom is -0.354 e. The number of nitrogens with zero attached hydrogens (tertiary/aromatic N) is 1. The molecule has 2 atom stereocenters. The molecule has 3 amide bonds. The zero-order chi connectivity index (χ0) is 21.4. The summed E-state index contributed by atoms with van der Waals surface area (Å²) in [5.41, 5.74) is 7.73. The molecular weight excluding hydrogens is 412 g/mol. The van der Waals surface area contributed by atoms with Crippen LogP contribution in [0.4, 0.5) is 0 Å². The average Bonchev–Trinajstić information content (AvgIpc) is 3.32. The Morgan fingerprint density at radius 3 is 2.45 bits per heavy atom. The molecule has 0 bridgehead atoms. The van der Waals surface area contributed by atoms with Crippen LogP contribution in [0.15, 0.2) is 0 Å². The van der Waals surface area contributed by atoms with Gasteiger partial charge in [-0.1, -0.05) is 26.7 Å². The second kappa shape index (κ2) is 11.4. The number of hydroxylamine groups is 1. The van der Waals surface area contributed by atoms with E-state index < -0.39 is 12.1 Å². The van der Waals surface area contributed by atoms with E-state index in [2.05, 4.69) is 5.32 Å². The summed E-state index contributed by atoms with van der Waals surface area (Å²) >= 11 is 3.71. The zero-order valence-corrected chi connectivity index (χ0v) is 18.9. The summed E-state index contributed by atoms with van der Waals surface area (Å²) in [4.78, 5) is 38.5. The van der Waals surface area contributed by atoms with Crippen LogP contribution in [0.1, 0.15) is 52.4 Å². The Bertz CT molecular complexity index is 585. The van der Waals surface area contributed by atoms with Crippen molar-refractivity contribution in [3.05, 3.63) is 0 Å². The van der Waals surface area contributed by atoms with Gasteiger partial charge in [-0.05, 0) is 18.8 Å². The lowest BCUT2D eigenvalue weighted by Gasteiger charge is -2.28. The first-order valence-corrected chi connectivity index (χ1v) is 12.3. The van der Waals surface area contributed by atoms with Crippen molar-refractivity contribution < 1.29 is 19.6 Å². The van der Waals surface area contributed by atoms with Gasteiger partial charge in [-0.25, -0.2) is 5.48 Å². The molecule has 0 aromatic rings. The topological polar surface area (TPSA) is 125 Å². The highest BCUT2D eigenvalue weighted by Crippen LogP contribution is 2.51. The molecule has 2 aliphatic rings. The van der Waals surface area contributed by atoms with E-state index in [1.54, 1.807) is 10.4 Å². The molecule has 5 N–H and O–H groups in total. The Morgan fingerprint density at radius 1 is 1.17 bits per heavy atom. The second-order valence-corrected chi connectivity index (χ2v) is 11.3. The molecular formula is C19H34N4O4S2. The summed E-state index contributed by atoms with van der Waals surface area (Å²) in [5, 5.41) is 11.4. The fourth-order valence-electron chi connectivity index (χ4n) is 3.64. The molecule has 2 heterocycles. The van der Waals surface area contributed by atoms with Crippen molar-refractivity contribution in [1.82, 2.24) is 15.7 Å². The van der Waals surface area contributed by atoms with E-state index in [0.717, 1.165) is 30.8 Å². The maximum Gasteiger partial charge on any atom is 0.243 e. The fraction of sp³-hybridized carbons (Fsp3) is 0.842. The smallest absolute Gasteiger partial charge is 0.243 e. The molecule has 0 unspecified atom stereocenters. The number of nitrogens with two attached hydrogens (primary N) is 1. The highest BCUT2D eigenvalue weighted by atomic mass is 32.2. The van der Waals surface area contributed by atoms with Gasteiger partial charge in [0.15, 0.2) is 0 Å². The molecule has 2 fully saturated rings. The van der Waals surface area contributed by atoms with Gasteiger partial charge in [-0.15, -0.1) is 23.5 Å². The predicted octanol–water partition coefficient (Wildman–Crippen LogP) is 1.32. The maximum absolute atomic E-state index is 12.9. The number of thioether (sulfide) groups is 2. The molecule has 2 saturated heterocycles. The number of rotatable bonds is 10. The molecule has 8 nitrogen and oxygen atoms in total. The van der Waals surface area contributed by atoms with Gasteiger partial charge in [0, 0.05) is 37.4 Å². The van der Waals surface area contributed by atoms with Gasteiger partial charge in [-0.3, -0.25) is 19.6 Å². The van der Waals surface area contributed by atoms with E-state index in [0.29, 0.717) is 32.4 Å². The number of carbonyl (C=O) groups is 3. The number of amides is 3. The first-order chi connectivity index (χ1) is 13.8. The Morgan fingerprint density at radius 2 is 1.83 bits per heavy atom. The van der Waals surface area contributed by atoms with Crippen molar-refractivity contribution in [2.45, 2.75) is 68.5 Å². The first kappa shape index (κ1) is 24.3. The van der Waals surface area contributed by atoms with Crippen LogP contribution in [0.2, 0.25) is 0 Å². The van der Waals surface area contributed by atoms with Crippen LogP contribution in [0.5, 0.6) is 0 Å². The highest BCUT2D eigenvalue weighted by molar-refractivity contribution is 8.21. The van der Waals surface area contributed by atoms with Crippen molar-refractivity contribution in [3.63, 3.8) is 0 Å². The average molecular weight is 447 g/mol. The summed E-state index contributed by atoms with van der Waals surface area (Å²) in [6.45, 7) is 4.97. The SMILES string of the molecule is CC(C)[C@H](N)C(=O)N1CC2(C[C@H]1C(=O)NCCCCCCC(=O)NO)SCCS2. The summed E-state index contributed by atoms with van der Waals surface area (Å²) in [7, 11) is 0. The minimum atomic E-state index is -0.590. The van der Waals surface area contributed by atoms with Crippen molar-refractivity contribution in [2.75, 3.05) is 24.6 Å². The second-order valence-electron chi connectivity index (χ2n) is 8.05. The van der Waals surface area contributed by atoms with Crippen LogP contribution in [0.3, 0.4) is 0 Å². The molecule has 2 aliphatic heterocycles. The van der Waals surface area contributed by atoms with E-state index >= 15 is 0 Å². The van der Waals surface area contributed by atoms with Crippen LogP contribution in [-0.4, -0.2) is 68.6 Å². The van der Waals surface area contributed by atoms with E-state index in [-0.39, 0.29) is 27.7 Å². The molecule has 0 aliphatic carbocycles. The third kappa shape index (κ3) is 6.77. The van der Waals surface area contributed by atoms with Crippen LogP contribution in [0.25, 0.3) is 0 Å². The van der Waals surface area contributed by atoms with Crippen molar-refractivity contribution in [2.24, 2.45) is 11.7 Å². The van der Waals surface area contributed by atoms with Crippen LogP contribution < -0.4 is 16.5 Å². The summed E-state index contributed by atoms with van der Waals surface area (Å²) in [6, 6.07) is -1.05. The number of carbonyl (C=O) groups excluding carboxylic acids is 3. The van der Waals surface area contributed by atoms with Crippen molar-refractivity contribution in [1.29, 1.82) is 0 Å². The number of hydrogen-bond acceptors (Lipinski definition) is 7. The van der Waals surface area contributed by atoms with E-state index in [9.17, 15) is 14.4 Å². The Hall–Kier alpha value is -0.970. The quantitative estimate of drug-likeness (QED) is 0.227. The molecule has 2 rings (SSSR count). The van der Waals surface area contributed by atoms with E-state index in [4.69, 9.17) is 10.9 Å². The monoisotopic (exact) mass is 446 g/mol.